The van der Waals surface area contributed by atoms with Gasteiger partial charge in [-0.05, 0) is 28.3 Å². The summed E-state index contributed by atoms with van der Waals surface area (Å²) in [6.07, 6.45) is 6.79. The van der Waals surface area contributed by atoms with Gasteiger partial charge in [-0.25, -0.2) is 4.68 Å². The van der Waals surface area contributed by atoms with Gasteiger partial charge in [0.1, 0.15) is 11.0 Å². The Hall–Kier alpha value is -1.28. The lowest BCUT2D eigenvalue weighted by atomic mass is 9.88. The van der Waals surface area contributed by atoms with E-state index in [0.29, 0.717) is 10.2 Å². The van der Waals surface area contributed by atoms with Gasteiger partial charge in [-0.3, -0.25) is 4.79 Å². The number of nitrogens with zero attached hydrogens (tertiary/aromatic N) is 2. The zero-order valence-electron chi connectivity index (χ0n) is 11.1. The van der Waals surface area contributed by atoms with Crippen molar-refractivity contribution in [2.75, 3.05) is 5.32 Å². The summed E-state index contributed by atoms with van der Waals surface area (Å²) in [7, 11) is 0. The highest BCUT2D eigenvalue weighted by molar-refractivity contribution is 9.10. The minimum absolute atomic E-state index is 0.0904. The number of halogens is 1. The van der Waals surface area contributed by atoms with Crippen molar-refractivity contribution in [3.63, 3.8) is 0 Å². The molecule has 0 saturated carbocycles. The predicted octanol–water partition coefficient (Wildman–Crippen LogP) is 2.49. The highest BCUT2D eigenvalue weighted by Gasteiger charge is 2.21. The van der Waals surface area contributed by atoms with E-state index in [9.17, 15) is 4.79 Å². The fraction of sp³-hybridized carbons (Fsp3) is 0.538. The van der Waals surface area contributed by atoms with Crippen molar-refractivity contribution in [1.29, 1.82) is 0 Å². The van der Waals surface area contributed by atoms with Gasteiger partial charge < -0.3 is 5.32 Å². The largest absolute Gasteiger partial charge is 0.380 e. The molecule has 5 heteroatoms. The van der Waals surface area contributed by atoms with Gasteiger partial charge in [0, 0.05) is 6.04 Å². The lowest BCUT2D eigenvalue weighted by molar-refractivity contribution is 0.359. The van der Waals surface area contributed by atoms with Crippen molar-refractivity contribution in [3.8, 4) is 12.3 Å². The molecule has 0 fully saturated rings. The fourth-order valence-electron chi connectivity index (χ4n) is 1.21. The first-order chi connectivity index (χ1) is 8.27. The van der Waals surface area contributed by atoms with E-state index in [0.717, 1.165) is 0 Å². The van der Waals surface area contributed by atoms with E-state index in [1.54, 1.807) is 6.20 Å². The lowest BCUT2D eigenvalue weighted by Crippen LogP contribution is -2.32. The molecule has 4 nitrogen and oxygen atoms in total. The smallest absolute Gasteiger partial charge is 0.284 e. The molecule has 1 aromatic heterocycles. The minimum atomic E-state index is -0.223. The maximum atomic E-state index is 11.9. The second-order valence-corrected chi connectivity index (χ2v) is 6.06. The van der Waals surface area contributed by atoms with Crippen LogP contribution in [0, 0.1) is 17.8 Å². The molecular formula is C13H18BrN3O. The van der Waals surface area contributed by atoms with Crippen LogP contribution in [0.15, 0.2) is 15.5 Å². The van der Waals surface area contributed by atoms with Crippen LogP contribution in [-0.2, 0) is 6.54 Å². The summed E-state index contributed by atoms with van der Waals surface area (Å²) in [5.74, 6) is 2.40. The first kappa shape index (κ1) is 14.8. The summed E-state index contributed by atoms with van der Waals surface area (Å²) in [5.41, 5.74) is 0.558. The number of terminal acetylenes is 1. The van der Waals surface area contributed by atoms with Crippen molar-refractivity contribution in [2.45, 2.75) is 40.3 Å². The van der Waals surface area contributed by atoms with Gasteiger partial charge in [0.05, 0.1) is 11.9 Å². The molecule has 0 spiro atoms. The van der Waals surface area contributed by atoms with Crippen LogP contribution in [0.3, 0.4) is 0 Å². The van der Waals surface area contributed by atoms with Crippen molar-refractivity contribution in [3.05, 3.63) is 21.0 Å². The summed E-state index contributed by atoms with van der Waals surface area (Å²) in [6, 6.07) is 0.207. The summed E-state index contributed by atoms with van der Waals surface area (Å²) >= 11 is 3.29. The van der Waals surface area contributed by atoms with Gasteiger partial charge in [0.2, 0.25) is 0 Å². The van der Waals surface area contributed by atoms with Crippen molar-refractivity contribution < 1.29 is 0 Å². The maximum absolute atomic E-state index is 11.9. The van der Waals surface area contributed by atoms with Crippen LogP contribution < -0.4 is 10.9 Å². The molecule has 0 saturated heterocycles. The average molecular weight is 312 g/mol. The van der Waals surface area contributed by atoms with Gasteiger partial charge in [0.25, 0.3) is 5.56 Å². The molecule has 1 N–H and O–H groups in total. The fourth-order valence-corrected chi connectivity index (χ4v) is 1.64. The van der Waals surface area contributed by atoms with Crippen molar-refractivity contribution in [1.82, 2.24) is 9.78 Å². The minimum Gasteiger partial charge on any atom is -0.380 e. The molecule has 0 aromatic carbocycles. The topological polar surface area (TPSA) is 46.9 Å². The van der Waals surface area contributed by atoms with Gasteiger partial charge in [-0.1, -0.05) is 26.7 Å². The van der Waals surface area contributed by atoms with E-state index >= 15 is 0 Å². The first-order valence-corrected chi connectivity index (χ1v) is 6.52. The molecule has 1 unspecified atom stereocenters. The van der Waals surface area contributed by atoms with Crippen LogP contribution in [0.2, 0.25) is 0 Å². The second-order valence-electron chi connectivity index (χ2n) is 5.27. The first-order valence-electron chi connectivity index (χ1n) is 5.73. The second kappa shape index (κ2) is 5.57. The summed E-state index contributed by atoms with van der Waals surface area (Å²) < 4.78 is 1.71. The van der Waals surface area contributed by atoms with Crippen LogP contribution in [0.4, 0.5) is 5.69 Å². The normalized spacial score (nSPS) is 12.9. The van der Waals surface area contributed by atoms with Crippen LogP contribution >= 0.6 is 15.9 Å². The molecular weight excluding hydrogens is 294 g/mol. The summed E-state index contributed by atoms with van der Waals surface area (Å²) in [5, 5.41) is 7.32. The number of hydrogen-bond acceptors (Lipinski definition) is 3. The molecule has 98 valence electrons. The van der Waals surface area contributed by atoms with Gasteiger partial charge in [-0.15, -0.1) is 6.42 Å². The zero-order valence-corrected chi connectivity index (χ0v) is 12.7. The SMILES string of the molecule is C#CCn1ncc(NC(C)C(C)(C)C)c(Br)c1=O. The van der Waals surface area contributed by atoms with Gasteiger partial charge in [-0.2, -0.15) is 5.10 Å². The van der Waals surface area contributed by atoms with Crippen LogP contribution in [-0.4, -0.2) is 15.8 Å². The van der Waals surface area contributed by atoms with Gasteiger partial charge in [0.15, 0.2) is 0 Å². The Morgan fingerprint density at radius 2 is 2.22 bits per heavy atom. The van der Waals surface area contributed by atoms with Crippen LogP contribution in [0.25, 0.3) is 0 Å². The Morgan fingerprint density at radius 3 is 2.72 bits per heavy atom. The predicted molar refractivity (Wildman–Crippen MR) is 77.6 cm³/mol. The molecule has 0 aliphatic heterocycles. The Labute approximate surface area is 116 Å². The molecule has 18 heavy (non-hydrogen) atoms. The highest BCUT2D eigenvalue weighted by atomic mass is 79.9. The zero-order chi connectivity index (χ0) is 13.9. The summed E-state index contributed by atoms with van der Waals surface area (Å²) in [6.45, 7) is 8.63. The lowest BCUT2D eigenvalue weighted by Gasteiger charge is -2.29. The molecule has 1 aromatic rings. The quantitative estimate of drug-likeness (QED) is 0.872. The highest BCUT2D eigenvalue weighted by Crippen LogP contribution is 2.25. The molecule has 0 aliphatic carbocycles. The van der Waals surface area contributed by atoms with E-state index in [1.807, 2.05) is 0 Å². The third kappa shape index (κ3) is 3.36. The Balaban J connectivity index is 3.04. The monoisotopic (exact) mass is 311 g/mol. The molecule has 0 bridgehead atoms. The van der Waals surface area contributed by atoms with Crippen molar-refractivity contribution >= 4 is 21.6 Å². The van der Waals surface area contributed by atoms with E-state index in [-0.39, 0.29) is 23.6 Å². The van der Waals surface area contributed by atoms with E-state index < -0.39 is 0 Å². The van der Waals surface area contributed by atoms with E-state index in [1.165, 1.54) is 4.68 Å². The van der Waals surface area contributed by atoms with Crippen molar-refractivity contribution in [2.24, 2.45) is 5.41 Å². The van der Waals surface area contributed by atoms with Crippen LogP contribution in [0.1, 0.15) is 27.7 Å². The maximum Gasteiger partial charge on any atom is 0.284 e. The number of rotatable bonds is 3. The molecule has 1 atom stereocenters. The molecule has 1 rings (SSSR count). The Bertz CT molecular complexity index is 523. The molecule has 0 aliphatic rings. The summed E-state index contributed by atoms with van der Waals surface area (Å²) in [4.78, 5) is 11.9. The third-order valence-corrected chi connectivity index (χ3v) is 3.66. The standard InChI is InChI=1S/C13H18BrN3O/c1-6-7-17-12(18)11(14)10(8-15-17)16-9(2)13(3,4)5/h1,8-9,16H,7H2,2-5H3. The number of nitrogens with one attached hydrogen (secondary N) is 1. The number of anilines is 1. The Kier molecular flexibility index (Phi) is 4.58. The molecule has 0 radical (unpaired) electrons. The average Bonchev–Trinajstić information content (AvgIpc) is 2.27. The van der Waals surface area contributed by atoms with E-state index in [2.05, 4.69) is 60.0 Å². The number of aromatic nitrogens is 2. The molecule has 1 heterocycles. The third-order valence-electron chi connectivity index (χ3n) is 2.90. The molecule has 0 amide bonds. The Morgan fingerprint density at radius 1 is 1.61 bits per heavy atom. The van der Waals surface area contributed by atoms with Gasteiger partial charge >= 0.3 is 0 Å². The number of hydrogen-bond donors (Lipinski definition) is 1. The van der Waals surface area contributed by atoms with E-state index in [4.69, 9.17) is 6.42 Å². The van der Waals surface area contributed by atoms with Crippen LogP contribution in [0.5, 0.6) is 0 Å².